The number of carbonyl (C=O) groups excluding carboxylic acids is 2. The van der Waals surface area contributed by atoms with E-state index in [1.165, 1.54) is 6.07 Å². The Balaban J connectivity index is 2.75. The Morgan fingerprint density at radius 3 is 2.40 bits per heavy atom. The van der Waals surface area contributed by atoms with Gasteiger partial charge in [0.25, 0.3) is 5.91 Å². The third-order valence-electron chi connectivity index (χ3n) is 2.20. The number of hydrogen-bond donors (Lipinski definition) is 2. The molecular weight excluding hydrogens is 303 g/mol. The van der Waals surface area contributed by atoms with E-state index >= 15 is 0 Å². The maximum Gasteiger partial charge on any atom is 0.255 e. The number of hydrogen-bond acceptors (Lipinski definition) is 4. The van der Waals surface area contributed by atoms with Crippen molar-refractivity contribution in [1.82, 2.24) is 20.8 Å². The first-order valence-electron chi connectivity index (χ1n) is 5.92. The molecule has 0 saturated heterocycles. The lowest BCUT2D eigenvalue weighted by molar-refractivity contribution is -0.124. The molecule has 1 atom stereocenters. The van der Waals surface area contributed by atoms with Crippen LogP contribution < -0.4 is 10.6 Å². The molecule has 2 N–H and O–H groups in total. The van der Waals surface area contributed by atoms with E-state index in [0.717, 1.165) is 0 Å². The summed E-state index contributed by atoms with van der Waals surface area (Å²) < 4.78 is 0. The minimum Gasteiger partial charge on any atom is -0.350 e. The molecule has 0 spiro atoms. The highest BCUT2D eigenvalue weighted by atomic mass is 35.5. The minimum atomic E-state index is -0.718. The highest BCUT2D eigenvalue weighted by Gasteiger charge is 2.22. The van der Waals surface area contributed by atoms with E-state index in [1.807, 2.05) is 20.8 Å². The fourth-order valence-electron chi connectivity index (χ4n) is 1.33. The maximum atomic E-state index is 12.0. The standard InChI is InChI=1S/C12H16Cl2N4O2/c1-6(10(19)16-12(2,3)4)15-11(20)7-5-8(13)17-18-9(7)14/h5-6H,1-4H3,(H,15,20)(H,16,19). The number of halogens is 2. The second-order valence-electron chi connectivity index (χ2n) is 5.31. The molecule has 110 valence electrons. The van der Waals surface area contributed by atoms with Gasteiger partial charge in [-0.05, 0) is 33.8 Å². The minimum absolute atomic E-state index is 0.0475. The molecule has 0 fully saturated rings. The molecule has 0 aliphatic carbocycles. The van der Waals surface area contributed by atoms with Crippen molar-refractivity contribution in [3.05, 3.63) is 21.9 Å². The summed E-state index contributed by atoms with van der Waals surface area (Å²) in [6.45, 7) is 7.12. The third-order valence-corrected chi connectivity index (χ3v) is 2.67. The van der Waals surface area contributed by atoms with Gasteiger partial charge in [-0.15, -0.1) is 10.2 Å². The molecule has 0 saturated carbocycles. The van der Waals surface area contributed by atoms with Gasteiger partial charge in [-0.2, -0.15) is 0 Å². The van der Waals surface area contributed by atoms with Crippen LogP contribution in [-0.2, 0) is 4.79 Å². The molecule has 2 amide bonds. The predicted molar refractivity (Wildman–Crippen MR) is 76.9 cm³/mol. The van der Waals surface area contributed by atoms with E-state index in [0.29, 0.717) is 0 Å². The van der Waals surface area contributed by atoms with E-state index in [9.17, 15) is 9.59 Å². The van der Waals surface area contributed by atoms with E-state index in [-0.39, 0.29) is 27.3 Å². The van der Waals surface area contributed by atoms with Crippen molar-refractivity contribution in [3.63, 3.8) is 0 Å². The second-order valence-corrected chi connectivity index (χ2v) is 6.05. The molecule has 0 aliphatic rings. The Labute approximate surface area is 127 Å². The number of amides is 2. The molecule has 8 heteroatoms. The molecule has 0 bridgehead atoms. The molecule has 6 nitrogen and oxygen atoms in total. The Morgan fingerprint density at radius 1 is 1.25 bits per heavy atom. The monoisotopic (exact) mass is 318 g/mol. The fourth-order valence-corrected chi connectivity index (χ4v) is 1.66. The van der Waals surface area contributed by atoms with Crippen LogP contribution in [0.15, 0.2) is 6.07 Å². The van der Waals surface area contributed by atoms with E-state index < -0.39 is 11.9 Å². The zero-order valence-corrected chi connectivity index (χ0v) is 13.1. The summed E-state index contributed by atoms with van der Waals surface area (Å²) in [6, 6.07) is 0.574. The Kier molecular flexibility index (Phi) is 5.30. The smallest absolute Gasteiger partial charge is 0.255 e. The molecule has 1 heterocycles. The van der Waals surface area contributed by atoms with Crippen molar-refractivity contribution in [3.8, 4) is 0 Å². The largest absolute Gasteiger partial charge is 0.350 e. The van der Waals surface area contributed by atoms with Gasteiger partial charge in [-0.3, -0.25) is 9.59 Å². The van der Waals surface area contributed by atoms with Crippen LogP contribution >= 0.6 is 23.2 Å². The van der Waals surface area contributed by atoms with Gasteiger partial charge in [0.05, 0.1) is 5.56 Å². The average Bonchev–Trinajstić information content (AvgIpc) is 2.29. The van der Waals surface area contributed by atoms with Gasteiger partial charge in [0.2, 0.25) is 5.91 Å². The maximum absolute atomic E-state index is 12.0. The van der Waals surface area contributed by atoms with Crippen LogP contribution in [0.25, 0.3) is 0 Å². The number of aromatic nitrogens is 2. The molecule has 20 heavy (non-hydrogen) atoms. The van der Waals surface area contributed by atoms with E-state index in [4.69, 9.17) is 23.2 Å². The summed E-state index contributed by atoms with van der Waals surface area (Å²) in [4.78, 5) is 23.9. The molecule has 0 radical (unpaired) electrons. The first-order valence-corrected chi connectivity index (χ1v) is 6.67. The summed E-state index contributed by atoms with van der Waals surface area (Å²) >= 11 is 11.4. The molecule has 1 aromatic heterocycles. The van der Waals surface area contributed by atoms with Crippen molar-refractivity contribution in [2.24, 2.45) is 0 Å². The second kappa shape index (κ2) is 6.37. The van der Waals surface area contributed by atoms with Gasteiger partial charge in [0, 0.05) is 5.54 Å². The summed E-state index contributed by atoms with van der Waals surface area (Å²) in [7, 11) is 0. The Bertz CT molecular complexity index is 529. The normalized spacial score (nSPS) is 12.7. The van der Waals surface area contributed by atoms with E-state index in [2.05, 4.69) is 20.8 Å². The average molecular weight is 319 g/mol. The van der Waals surface area contributed by atoms with Crippen molar-refractivity contribution in [2.45, 2.75) is 39.3 Å². The lowest BCUT2D eigenvalue weighted by Gasteiger charge is -2.23. The number of rotatable bonds is 3. The van der Waals surface area contributed by atoms with Crippen LogP contribution in [-0.4, -0.2) is 33.6 Å². The van der Waals surface area contributed by atoms with Crippen LogP contribution in [0.2, 0.25) is 10.3 Å². The summed E-state index contributed by atoms with van der Waals surface area (Å²) in [5, 5.41) is 12.3. The SMILES string of the molecule is CC(NC(=O)c1cc(Cl)nnc1Cl)C(=O)NC(C)(C)C. The topological polar surface area (TPSA) is 84.0 Å². The lowest BCUT2D eigenvalue weighted by atomic mass is 10.1. The van der Waals surface area contributed by atoms with Crippen molar-refractivity contribution in [1.29, 1.82) is 0 Å². The first kappa shape index (κ1) is 16.7. The van der Waals surface area contributed by atoms with Gasteiger partial charge < -0.3 is 10.6 Å². The summed E-state index contributed by atoms with van der Waals surface area (Å²) in [5.41, 5.74) is -0.308. The van der Waals surface area contributed by atoms with Crippen LogP contribution in [0.1, 0.15) is 38.1 Å². The number of carbonyl (C=O) groups is 2. The highest BCUT2D eigenvalue weighted by Crippen LogP contribution is 2.15. The van der Waals surface area contributed by atoms with Gasteiger partial charge in [0.15, 0.2) is 10.3 Å². The molecule has 0 aromatic carbocycles. The fraction of sp³-hybridized carbons (Fsp3) is 0.500. The quantitative estimate of drug-likeness (QED) is 0.890. The molecule has 1 aromatic rings. The van der Waals surface area contributed by atoms with Crippen LogP contribution in [0.4, 0.5) is 0 Å². The van der Waals surface area contributed by atoms with Crippen molar-refractivity contribution >= 4 is 35.0 Å². The van der Waals surface area contributed by atoms with Crippen LogP contribution in [0.5, 0.6) is 0 Å². The number of nitrogens with zero attached hydrogens (tertiary/aromatic N) is 2. The van der Waals surface area contributed by atoms with E-state index in [1.54, 1.807) is 6.92 Å². The molecule has 1 rings (SSSR count). The Hall–Kier alpha value is -1.40. The Morgan fingerprint density at radius 2 is 1.85 bits per heavy atom. The summed E-state index contributed by atoms with van der Waals surface area (Å²) in [6.07, 6.45) is 0. The molecular formula is C12H16Cl2N4O2. The zero-order chi connectivity index (χ0) is 15.5. The van der Waals surface area contributed by atoms with Gasteiger partial charge >= 0.3 is 0 Å². The third kappa shape index (κ3) is 4.94. The lowest BCUT2D eigenvalue weighted by Crippen LogP contribution is -2.50. The van der Waals surface area contributed by atoms with Gasteiger partial charge in [-0.25, -0.2) is 0 Å². The van der Waals surface area contributed by atoms with Crippen molar-refractivity contribution < 1.29 is 9.59 Å². The van der Waals surface area contributed by atoms with Crippen LogP contribution in [0, 0.1) is 0 Å². The summed E-state index contributed by atoms with van der Waals surface area (Å²) in [5.74, 6) is -0.835. The highest BCUT2D eigenvalue weighted by molar-refractivity contribution is 6.34. The number of nitrogens with one attached hydrogen (secondary N) is 2. The van der Waals surface area contributed by atoms with Crippen molar-refractivity contribution in [2.75, 3.05) is 0 Å². The van der Waals surface area contributed by atoms with Gasteiger partial charge in [0.1, 0.15) is 6.04 Å². The zero-order valence-electron chi connectivity index (χ0n) is 11.6. The first-order chi connectivity index (χ1) is 9.10. The molecule has 0 aliphatic heterocycles. The molecule has 1 unspecified atom stereocenters. The van der Waals surface area contributed by atoms with Crippen LogP contribution in [0.3, 0.4) is 0 Å². The predicted octanol–water partition coefficient (Wildman–Crippen LogP) is 1.82. The van der Waals surface area contributed by atoms with Gasteiger partial charge in [-0.1, -0.05) is 23.2 Å².